The van der Waals surface area contributed by atoms with Crippen LogP contribution in [0.1, 0.15) is 136 Å². The van der Waals surface area contributed by atoms with E-state index in [-0.39, 0.29) is 29.9 Å². The van der Waals surface area contributed by atoms with Crippen molar-refractivity contribution in [1.29, 1.82) is 0 Å². The molecule has 0 spiro atoms. The van der Waals surface area contributed by atoms with Crippen LogP contribution in [0.15, 0.2) is 60.7 Å². The van der Waals surface area contributed by atoms with Crippen LogP contribution in [-0.2, 0) is 41.6 Å². The van der Waals surface area contributed by atoms with E-state index in [4.69, 9.17) is 4.74 Å². The highest BCUT2D eigenvalue weighted by atomic mass is 16.6. The summed E-state index contributed by atoms with van der Waals surface area (Å²) in [6.45, 7) is 13.7. The molecule has 2 heterocycles. The van der Waals surface area contributed by atoms with Crippen molar-refractivity contribution < 1.29 is 28.7 Å². The van der Waals surface area contributed by atoms with Crippen LogP contribution < -0.4 is 21.3 Å². The number of carbonyl (C=O) groups is 5. The Labute approximate surface area is 360 Å². The molecule has 2 aromatic carbocycles. The molecule has 4 rings (SSSR count). The van der Waals surface area contributed by atoms with E-state index in [0.717, 1.165) is 30.4 Å². The Balaban J connectivity index is 1.37. The van der Waals surface area contributed by atoms with Gasteiger partial charge in [0.05, 0.1) is 12.6 Å². The molecule has 0 radical (unpaired) electrons. The number of ether oxygens (including phenoxy) is 1. The number of hydrogen-bond donors (Lipinski definition) is 4. The van der Waals surface area contributed by atoms with Crippen LogP contribution in [0.4, 0.5) is 0 Å². The molecule has 332 valence electrons. The monoisotopic (exact) mass is 830 g/mol. The summed E-state index contributed by atoms with van der Waals surface area (Å²) >= 11 is 0. The number of hydrogen-bond acceptors (Lipinski definition) is 7. The van der Waals surface area contributed by atoms with Crippen molar-refractivity contribution in [3.63, 3.8) is 0 Å². The fourth-order valence-corrected chi connectivity index (χ4v) is 8.08. The highest BCUT2D eigenvalue weighted by Crippen LogP contribution is 2.30. The minimum Gasteiger partial charge on any atom is -0.361 e. The van der Waals surface area contributed by atoms with Gasteiger partial charge >= 0.3 is 0 Å². The van der Waals surface area contributed by atoms with Crippen LogP contribution in [0.25, 0.3) is 0 Å². The summed E-state index contributed by atoms with van der Waals surface area (Å²) in [5.74, 6) is -1.63. The Hall–Kier alpha value is -4.09. The van der Waals surface area contributed by atoms with Gasteiger partial charge in [0, 0.05) is 12.8 Å². The van der Waals surface area contributed by atoms with Crippen molar-refractivity contribution in [2.24, 2.45) is 11.8 Å². The smallest absolute Gasteiger partial charge is 0.243 e. The lowest BCUT2D eigenvalue weighted by Gasteiger charge is -2.28. The molecule has 60 heavy (non-hydrogen) atoms. The summed E-state index contributed by atoms with van der Waals surface area (Å²) < 4.78 is 5.43. The number of benzene rings is 2. The standard InChI is InChI=1S/C49H75N5O6/c1-36(2)32-41(45(56)49(5)35-60-49)51-48(59)43(34-39-24-16-12-17-25-39)53-47(58)42(33-37(3)4)52-46(57)40(28-27-38-22-14-11-15-23-38)50-44(55)26-18-9-7-6-8-10-19-29-54-30-20-13-21-31-54/h11-12,14-17,22-25,36-37,40-43H,6-10,13,18-21,26-35H2,1-5H3,(H,50,55)(H,51,59)(H,52,57)(H,53,58)/t40-,41-,42-,43-,49+/m0/s1. The number of rotatable bonds is 28. The zero-order valence-electron chi connectivity index (χ0n) is 37.3. The number of unbranched alkanes of at least 4 members (excludes halogenated alkanes) is 6. The van der Waals surface area contributed by atoms with Crippen LogP contribution >= 0.6 is 0 Å². The van der Waals surface area contributed by atoms with Crippen molar-refractivity contribution >= 4 is 29.4 Å². The molecule has 0 saturated carbocycles. The van der Waals surface area contributed by atoms with Crippen LogP contribution in [0, 0.1) is 11.8 Å². The van der Waals surface area contributed by atoms with E-state index in [0.29, 0.717) is 38.7 Å². The summed E-state index contributed by atoms with van der Waals surface area (Å²) in [6, 6.07) is 15.6. The number of aryl methyl sites for hydroxylation is 1. The average molecular weight is 830 g/mol. The molecule has 0 aliphatic carbocycles. The number of amides is 4. The second-order valence-corrected chi connectivity index (χ2v) is 18.3. The minimum absolute atomic E-state index is 0.0295. The number of piperidine rings is 1. The van der Waals surface area contributed by atoms with Gasteiger partial charge in [-0.15, -0.1) is 0 Å². The molecule has 2 aliphatic heterocycles. The summed E-state index contributed by atoms with van der Waals surface area (Å²) in [7, 11) is 0. The van der Waals surface area contributed by atoms with Crippen molar-refractivity contribution in [1.82, 2.24) is 26.2 Å². The molecule has 4 N–H and O–H groups in total. The molecule has 11 nitrogen and oxygen atoms in total. The number of Topliss-reactive ketones (excluding diaryl/α,β-unsaturated/α-hetero) is 1. The normalized spacial score (nSPS) is 18.6. The van der Waals surface area contributed by atoms with E-state index in [1.54, 1.807) is 6.92 Å². The molecule has 2 aliphatic rings. The number of nitrogens with one attached hydrogen (secondary N) is 4. The molecular formula is C49H75N5O6. The van der Waals surface area contributed by atoms with Gasteiger partial charge in [-0.1, -0.05) is 127 Å². The third-order valence-corrected chi connectivity index (χ3v) is 11.7. The molecule has 0 aromatic heterocycles. The van der Waals surface area contributed by atoms with Crippen LogP contribution in [-0.4, -0.2) is 90.3 Å². The van der Waals surface area contributed by atoms with E-state index in [9.17, 15) is 24.0 Å². The molecule has 5 atom stereocenters. The van der Waals surface area contributed by atoms with Gasteiger partial charge in [-0.25, -0.2) is 0 Å². The number of carbonyl (C=O) groups excluding carboxylic acids is 5. The first-order valence-electron chi connectivity index (χ1n) is 23.0. The second kappa shape index (κ2) is 25.6. The van der Waals surface area contributed by atoms with E-state index >= 15 is 0 Å². The minimum atomic E-state index is -1.02. The quantitative estimate of drug-likeness (QED) is 0.0541. The largest absolute Gasteiger partial charge is 0.361 e. The van der Waals surface area contributed by atoms with Crippen LogP contribution in [0.5, 0.6) is 0 Å². The zero-order chi connectivity index (χ0) is 43.3. The SMILES string of the molecule is CC(C)C[C@H](NC(=O)[C@H](CCc1ccccc1)NC(=O)CCCCCCCCCN1CCCCC1)C(=O)N[C@@H](Cc1ccccc1)C(=O)N[C@@H](CC(C)C)C(=O)[C@@]1(C)CO1. The van der Waals surface area contributed by atoms with Gasteiger partial charge in [-0.3, -0.25) is 24.0 Å². The van der Waals surface area contributed by atoms with Gasteiger partial charge in [-0.05, 0) is 101 Å². The molecule has 4 amide bonds. The summed E-state index contributed by atoms with van der Waals surface area (Å²) in [6.07, 6.45) is 13.9. The van der Waals surface area contributed by atoms with Crippen LogP contribution in [0.2, 0.25) is 0 Å². The molecule has 2 saturated heterocycles. The summed E-state index contributed by atoms with van der Waals surface area (Å²) in [4.78, 5) is 71.6. The van der Waals surface area contributed by atoms with E-state index < -0.39 is 47.5 Å². The zero-order valence-corrected chi connectivity index (χ0v) is 37.3. The van der Waals surface area contributed by atoms with Crippen molar-refractivity contribution in [3.8, 4) is 0 Å². The number of ketones is 1. The van der Waals surface area contributed by atoms with Crippen LogP contribution in [0.3, 0.4) is 0 Å². The Morgan fingerprint density at radius 1 is 0.617 bits per heavy atom. The fraction of sp³-hybridized carbons (Fsp3) is 0.653. The maximum absolute atomic E-state index is 14.2. The van der Waals surface area contributed by atoms with Gasteiger partial charge in [0.1, 0.15) is 23.7 Å². The van der Waals surface area contributed by atoms with E-state index in [2.05, 4.69) is 26.2 Å². The summed E-state index contributed by atoms with van der Waals surface area (Å²) in [5.41, 5.74) is 0.956. The lowest BCUT2D eigenvalue weighted by Crippen LogP contribution is -2.59. The maximum atomic E-state index is 14.2. The number of epoxide rings is 1. The highest BCUT2D eigenvalue weighted by molar-refractivity contribution is 5.98. The van der Waals surface area contributed by atoms with Gasteiger partial charge in [0.2, 0.25) is 23.6 Å². The van der Waals surface area contributed by atoms with Crippen molar-refractivity contribution in [2.45, 2.75) is 167 Å². The average Bonchev–Trinajstić information content (AvgIpc) is 3.99. The first kappa shape index (κ1) is 48.6. The third-order valence-electron chi connectivity index (χ3n) is 11.7. The molecular weight excluding hydrogens is 755 g/mol. The van der Waals surface area contributed by atoms with Crippen molar-refractivity contribution in [3.05, 3.63) is 71.8 Å². The Morgan fingerprint density at radius 2 is 1.12 bits per heavy atom. The third kappa shape index (κ3) is 17.9. The van der Waals surface area contributed by atoms with Gasteiger partial charge < -0.3 is 30.9 Å². The predicted molar refractivity (Wildman–Crippen MR) is 238 cm³/mol. The van der Waals surface area contributed by atoms with E-state index in [1.165, 1.54) is 64.6 Å². The molecule has 2 fully saturated rings. The molecule has 11 heteroatoms. The first-order valence-corrected chi connectivity index (χ1v) is 23.0. The van der Waals surface area contributed by atoms with Gasteiger partial charge in [0.25, 0.3) is 0 Å². The molecule has 0 bridgehead atoms. The van der Waals surface area contributed by atoms with Crippen molar-refractivity contribution in [2.75, 3.05) is 26.2 Å². The second-order valence-electron chi connectivity index (χ2n) is 18.3. The first-order chi connectivity index (χ1) is 28.8. The number of likely N-dealkylation sites (tertiary alicyclic amines) is 1. The Morgan fingerprint density at radius 3 is 1.72 bits per heavy atom. The van der Waals surface area contributed by atoms with E-state index in [1.807, 2.05) is 88.4 Å². The Bertz CT molecular complexity index is 1610. The number of nitrogens with zero attached hydrogens (tertiary/aromatic N) is 1. The highest BCUT2D eigenvalue weighted by Gasteiger charge is 2.50. The lowest BCUT2D eigenvalue weighted by molar-refractivity contribution is -0.135. The topological polar surface area (TPSA) is 149 Å². The molecule has 0 unspecified atom stereocenters. The predicted octanol–water partition coefficient (Wildman–Crippen LogP) is 6.86. The fourth-order valence-electron chi connectivity index (χ4n) is 8.08. The van der Waals surface area contributed by atoms with Gasteiger partial charge in [0.15, 0.2) is 5.78 Å². The Kier molecular flexibility index (Phi) is 20.7. The maximum Gasteiger partial charge on any atom is 0.243 e. The molecule has 2 aromatic rings. The van der Waals surface area contributed by atoms with Gasteiger partial charge in [-0.2, -0.15) is 0 Å². The summed E-state index contributed by atoms with van der Waals surface area (Å²) in [5, 5.41) is 11.8. The lowest BCUT2D eigenvalue weighted by atomic mass is 9.93.